The zero-order valence-corrected chi connectivity index (χ0v) is 12.6. The highest BCUT2D eigenvalue weighted by molar-refractivity contribution is 6.05. The van der Waals surface area contributed by atoms with E-state index in [0.29, 0.717) is 31.5 Å². The maximum absolute atomic E-state index is 12.7. The van der Waals surface area contributed by atoms with E-state index in [1.165, 1.54) is 0 Å². The molecule has 1 aromatic heterocycles. The second-order valence-electron chi connectivity index (χ2n) is 5.56. The van der Waals surface area contributed by atoms with E-state index in [2.05, 4.69) is 10.3 Å². The van der Waals surface area contributed by atoms with E-state index in [4.69, 9.17) is 0 Å². The molecule has 114 valence electrons. The molecule has 0 spiro atoms. The number of para-hydroxylation sites is 1. The minimum atomic E-state index is -0.000318. The number of hydrogen-bond acceptors (Lipinski definition) is 3. The number of fused-ring (bicyclic) bond motifs is 1. The number of nitrogens with zero attached hydrogens (tertiary/aromatic N) is 2. The fourth-order valence-electron chi connectivity index (χ4n) is 3.00. The first-order chi connectivity index (χ1) is 10.7. The van der Waals surface area contributed by atoms with Crippen molar-refractivity contribution in [2.45, 2.75) is 12.8 Å². The molecule has 2 aromatic rings. The molecule has 22 heavy (non-hydrogen) atoms. The Balaban J connectivity index is 1.78. The van der Waals surface area contributed by atoms with Crippen LogP contribution in [0, 0.1) is 5.92 Å². The SMILES string of the molecule is CNC(=O)C1CCN(C(=O)c2cccc3cccnc23)CC1. The molecule has 0 bridgehead atoms. The van der Waals surface area contributed by atoms with Crippen molar-refractivity contribution in [1.82, 2.24) is 15.2 Å². The first-order valence-electron chi connectivity index (χ1n) is 7.55. The minimum absolute atomic E-state index is 0.000318. The van der Waals surface area contributed by atoms with E-state index in [1.54, 1.807) is 13.2 Å². The second kappa shape index (κ2) is 6.13. The zero-order valence-electron chi connectivity index (χ0n) is 12.6. The lowest BCUT2D eigenvalue weighted by atomic mass is 9.95. The van der Waals surface area contributed by atoms with Gasteiger partial charge in [0.15, 0.2) is 0 Å². The molecule has 1 aliphatic heterocycles. The average Bonchev–Trinajstić information content (AvgIpc) is 2.60. The number of rotatable bonds is 2. The van der Waals surface area contributed by atoms with Crippen LogP contribution in [0.2, 0.25) is 0 Å². The molecule has 1 saturated heterocycles. The number of piperidine rings is 1. The highest BCUT2D eigenvalue weighted by Crippen LogP contribution is 2.22. The predicted molar refractivity (Wildman–Crippen MR) is 84.4 cm³/mol. The molecule has 3 rings (SSSR count). The molecule has 1 aromatic carbocycles. The molecular formula is C17H19N3O2. The van der Waals surface area contributed by atoms with Crippen molar-refractivity contribution < 1.29 is 9.59 Å². The predicted octanol–water partition coefficient (Wildman–Crippen LogP) is 1.83. The molecule has 0 radical (unpaired) electrons. The highest BCUT2D eigenvalue weighted by atomic mass is 16.2. The first-order valence-corrected chi connectivity index (χ1v) is 7.55. The fraction of sp³-hybridized carbons (Fsp3) is 0.353. The summed E-state index contributed by atoms with van der Waals surface area (Å²) >= 11 is 0. The summed E-state index contributed by atoms with van der Waals surface area (Å²) < 4.78 is 0. The smallest absolute Gasteiger partial charge is 0.256 e. The van der Waals surface area contributed by atoms with Crippen molar-refractivity contribution in [3.8, 4) is 0 Å². The van der Waals surface area contributed by atoms with Crippen LogP contribution in [0.1, 0.15) is 23.2 Å². The summed E-state index contributed by atoms with van der Waals surface area (Å²) in [6.07, 6.45) is 3.13. The molecule has 0 aliphatic carbocycles. The Kier molecular flexibility index (Phi) is 4.04. The van der Waals surface area contributed by atoms with Gasteiger partial charge >= 0.3 is 0 Å². The number of nitrogens with one attached hydrogen (secondary N) is 1. The Hall–Kier alpha value is -2.43. The van der Waals surface area contributed by atoms with E-state index in [-0.39, 0.29) is 17.7 Å². The molecule has 2 amide bonds. The Bertz CT molecular complexity index is 701. The Labute approximate surface area is 129 Å². The summed E-state index contributed by atoms with van der Waals surface area (Å²) in [4.78, 5) is 30.6. The summed E-state index contributed by atoms with van der Waals surface area (Å²) in [6, 6.07) is 9.48. The highest BCUT2D eigenvalue weighted by Gasteiger charge is 2.27. The van der Waals surface area contributed by atoms with Crippen LogP contribution < -0.4 is 5.32 Å². The standard InChI is InChI=1S/C17H19N3O2/c1-18-16(21)13-7-10-20(11-8-13)17(22)14-6-2-4-12-5-3-9-19-15(12)14/h2-6,9,13H,7-8,10-11H2,1H3,(H,18,21). The molecular weight excluding hydrogens is 278 g/mol. The number of pyridine rings is 1. The van der Waals surface area contributed by atoms with Crippen molar-refractivity contribution in [2.75, 3.05) is 20.1 Å². The van der Waals surface area contributed by atoms with Crippen molar-refractivity contribution in [2.24, 2.45) is 5.92 Å². The molecule has 0 saturated carbocycles. The number of amides is 2. The number of benzene rings is 1. The summed E-state index contributed by atoms with van der Waals surface area (Å²) in [5, 5.41) is 3.65. The maximum atomic E-state index is 12.7. The maximum Gasteiger partial charge on any atom is 0.256 e. The Morgan fingerprint density at radius 3 is 2.64 bits per heavy atom. The van der Waals surface area contributed by atoms with Crippen molar-refractivity contribution in [1.29, 1.82) is 0 Å². The Morgan fingerprint density at radius 2 is 1.91 bits per heavy atom. The largest absolute Gasteiger partial charge is 0.359 e. The number of likely N-dealkylation sites (tertiary alicyclic amines) is 1. The van der Waals surface area contributed by atoms with Crippen LogP contribution in [0.25, 0.3) is 10.9 Å². The summed E-state index contributed by atoms with van der Waals surface area (Å²) in [7, 11) is 1.65. The molecule has 5 heteroatoms. The van der Waals surface area contributed by atoms with Crippen LogP contribution in [0.3, 0.4) is 0 Å². The summed E-state index contributed by atoms with van der Waals surface area (Å²) in [5.41, 5.74) is 1.37. The van der Waals surface area contributed by atoms with Gasteiger partial charge in [0, 0.05) is 37.6 Å². The van der Waals surface area contributed by atoms with Gasteiger partial charge in [-0.1, -0.05) is 18.2 Å². The van der Waals surface area contributed by atoms with Crippen LogP contribution in [-0.4, -0.2) is 41.8 Å². The fourth-order valence-corrected chi connectivity index (χ4v) is 3.00. The molecule has 0 atom stereocenters. The second-order valence-corrected chi connectivity index (χ2v) is 5.56. The van der Waals surface area contributed by atoms with Crippen molar-refractivity contribution in [3.63, 3.8) is 0 Å². The van der Waals surface area contributed by atoms with Crippen LogP contribution >= 0.6 is 0 Å². The topological polar surface area (TPSA) is 62.3 Å². The number of aromatic nitrogens is 1. The quantitative estimate of drug-likeness (QED) is 0.920. The van der Waals surface area contributed by atoms with Gasteiger partial charge in [-0.2, -0.15) is 0 Å². The van der Waals surface area contributed by atoms with Crippen LogP contribution in [0.4, 0.5) is 0 Å². The lowest BCUT2D eigenvalue weighted by Gasteiger charge is -2.31. The van der Waals surface area contributed by atoms with E-state index < -0.39 is 0 Å². The van der Waals surface area contributed by atoms with Crippen molar-refractivity contribution in [3.05, 3.63) is 42.1 Å². The average molecular weight is 297 g/mol. The van der Waals surface area contributed by atoms with Gasteiger partial charge in [-0.15, -0.1) is 0 Å². The number of hydrogen-bond donors (Lipinski definition) is 1. The third-order valence-corrected chi connectivity index (χ3v) is 4.26. The molecule has 2 heterocycles. The van der Waals surface area contributed by atoms with Gasteiger partial charge in [0.2, 0.25) is 5.91 Å². The normalized spacial score (nSPS) is 15.8. The van der Waals surface area contributed by atoms with Gasteiger partial charge in [-0.05, 0) is 25.0 Å². The number of carbonyl (C=O) groups excluding carboxylic acids is 2. The van der Waals surface area contributed by atoms with E-state index in [0.717, 1.165) is 10.9 Å². The van der Waals surface area contributed by atoms with E-state index in [9.17, 15) is 9.59 Å². The molecule has 0 unspecified atom stereocenters. The van der Waals surface area contributed by atoms with Crippen LogP contribution in [0.5, 0.6) is 0 Å². The van der Waals surface area contributed by atoms with Gasteiger partial charge < -0.3 is 10.2 Å². The van der Waals surface area contributed by atoms with Crippen molar-refractivity contribution >= 4 is 22.7 Å². The zero-order chi connectivity index (χ0) is 15.5. The van der Waals surface area contributed by atoms with Crippen LogP contribution in [-0.2, 0) is 4.79 Å². The lowest BCUT2D eigenvalue weighted by Crippen LogP contribution is -2.42. The van der Waals surface area contributed by atoms with E-state index >= 15 is 0 Å². The summed E-state index contributed by atoms with van der Waals surface area (Å²) in [6.45, 7) is 1.22. The minimum Gasteiger partial charge on any atom is -0.359 e. The van der Waals surface area contributed by atoms with Gasteiger partial charge in [0.1, 0.15) is 0 Å². The van der Waals surface area contributed by atoms with Crippen LogP contribution in [0.15, 0.2) is 36.5 Å². The van der Waals surface area contributed by atoms with Gasteiger partial charge in [-0.25, -0.2) is 0 Å². The van der Waals surface area contributed by atoms with Gasteiger partial charge in [-0.3, -0.25) is 14.6 Å². The monoisotopic (exact) mass is 297 g/mol. The molecule has 5 nitrogen and oxygen atoms in total. The molecule has 1 N–H and O–H groups in total. The third-order valence-electron chi connectivity index (χ3n) is 4.26. The third kappa shape index (κ3) is 2.66. The molecule has 1 aliphatic rings. The first kappa shape index (κ1) is 14.5. The molecule has 1 fully saturated rings. The lowest BCUT2D eigenvalue weighted by molar-refractivity contribution is -0.125. The van der Waals surface area contributed by atoms with Gasteiger partial charge in [0.05, 0.1) is 11.1 Å². The van der Waals surface area contributed by atoms with E-state index in [1.807, 2.05) is 35.2 Å². The number of carbonyl (C=O) groups is 2. The summed E-state index contributed by atoms with van der Waals surface area (Å²) in [5.74, 6) is 0.0817. The van der Waals surface area contributed by atoms with Gasteiger partial charge in [0.25, 0.3) is 5.91 Å². The Morgan fingerprint density at radius 1 is 1.18 bits per heavy atom.